The van der Waals surface area contributed by atoms with Crippen LogP contribution in [0.4, 0.5) is 11.4 Å². The van der Waals surface area contributed by atoms with Gasteiger partial charge in [-0.3, -0.25) is 4.79 Å². The molecule has 0 aliphatic heterocycles. The maximum Gasteiger partial charge on any atom is 0.255 e. The number of aliphatic hydroxyl groups excluding tert-OH is 1. The van der Waals surface area contributed by atoms with Crippen molar-refractivity contribution in [3.8, 4) is 11.3 Å². The smallest absolute Gasteiger partial charge is 0.255 e. The number of halogens is 1. The van der Waals surface area contributed by atoms with E-state index in [0.717, 1.165) is 11.0 Å². The molecule has 0 aliphatic rings. The van der Waals surface area contributed by atoms with Gasteiger partial charge in [-0.2, -0.15) is 0 Å². The molecule has 0 spiro atoms. The lowest BCUT2D eigenvalue weighted by Gasteiger charge is -2.10. The van der Waals surface area contributed by atoms with Gasteiger partial charge in [0.15, 0.2) is 0 Å². The summed E-state index contributed by atoms with van der Waals surface area (Å²) < 4.78 is 14.4. The van der Waals surface area contributed by atoms with Crippen LogP contribution in [0.3, 0.4) is 0 Å². The Morgan fingerprint density at radius 2 is 1.79 bits per heavy atom. The molecule has 0 saturated carbocycles. The summed E-state index contributed by atoms with van der Waals surface area (Å²) in [6.07, 6.45) is 1.82. The summed E-state index contributed by atoms with van der Waals surface area (Å²) in [5, 5.41) is 13.2. The fourth-order valence-corrected chi connectivity index (χ4v) is 3.92. The van der Waals surface area contributed by atoms with Crippen molar-refractivity contribution < 1.29 is 14.1 Å². The molecule has 1 unspecified atom stereocenters. The van der Waals surface area contributed by atoms with Gasteiger partial charge in [-0.15, -0.1) is 0 Å². The fraction of sp³-hybridized carbons (Fsp3) is 0.167. The van der Waals surface area contributed by atoms with Gasteiger partial charge in [0.25, 0.3) is 5.91 Å². The van der Waals surface area contributed by atoms with Crippen LogP contribution < -0.4 is 10.0 Å². The summed E-state index contributed by atoms with van der Waals surface area (Å²) in [6.45, 7) is 3.83. The van der Waals surface area contributed by atoms with Crippen molar-refractivity contribution in [2.24, 2.45) is 0 Å². The molecule has 4 N–H and O–H groups in total. The van der Waals surface area contributed by atoms with Gasteiger partial charge in [0.1, 0.15) is 16.6 Å². The van der Waals surface area contributed by atoms with Gasteiger partial charge < -0.3 is 20.1 Å². The van der Waals surface area contributed by atoms with Gasteiger partial charge in [-0.1, -0.05) is 25.4 Å². The number of nitrogens with zero attached hydrogens (tertiary/aromatic N) is 1. The van der Waals surface area contributed by atoms with Crippen LogP contribution in [-0.4, -0.2) is 37.6 Å². The Bertz CT molecular complexity index is 1260. The number of rotatable bonds is 7. The van der Waals surface area contributed by atoms with Gasteiger partial charge in [0.05, 0.1) is 23.1 Å². The lowest BCUT2D eigenvalue weighted by atomic mass is 10.1. The highest BCUT2D eigenvalue weighted by Gasteiger charge is 2.11. The van der Waals surface area contributed by atoms with Crippen LogP contribution in [-0.2, 0) is 11.0 Å². The van der Waals surface area contributed by atoms with Gasteiger partial charge in [-0.25, -0.2) is 9.19 Å². The Morgan fingerprint density at radius 3 is 2.52 bits per heavy atom. The van der Waals surface area contributed by atoms with Crippen molar-refractivity contribution in [2.75, 3.05) is 22.4 Å². The number of hydrogen-bond donors (Lipinski definition) is 4. The second kappa shape index (κ2) is 11.6. The predicted molar refractivity (Wildman–Crippen MR) is 136 cm³/mol. The number of aliphatic hydroxyl groups is 1. The molecule has 1 amide bonds. The summed E-state index contributed by atoms with van der Waals surface area (Å²) in [5.41, 5.74) is 3.80. The molecular weight excluding hydrogens is 460 g/mol. The Kier molecular flexibility index (Phi) is 8.59. The second-order valence-corrected chi connectivity index (χ2v) is 8.42. The number of H-pyrrole nitrogens is 1. The Balaban J connectivity index is 0.00000149. The van der Waals surface area contributed by atoms with E-state index < -0.39 is 11.0 Å². The van der Waals surface area contributed by atoms with Crippen molar-refractivity contribution in [3.05, 3.63) is 77.4 Å². The molecule has 0 radical (unpaired) electrons. The third-order valence-electron chi connectivity index (χ3n) is 4.57. The average Bonchev–Trinajstić information content (AvgIpc) is 3.30. The highest BCUT2D eigenvalue weighted by molar-refractivity contribution is 7.86. The zero-order valence-corrected chi connectivity index (χ0v) is 19.8. The molecule has 1 atom stereocenters. The largest absolute Gasteiger partial charge is 0.395 e. The van der Waals surface area contributed by atoms with Crippen molar-refractivity contribution in [1.29, 1.82) is 0 Å². The molecule has 0 bridgehead atoms. The molecule has 172 valence electrons. The highest BCUT2D eigenvalue weighted by atomic mass is 35.5. The first kappa shape index (κ1) is 24.4. The SMILES string of the molecule is CC.O=C(Nc1ccc(Cl)c(-c2ccc3cc[nH]c3n2)c1)c1ccc(NS(=O)CCO)cc1. The standard InChI is InChI=1S/C22H19ClN4O3S.C2H6/c23-19-7-6-17(13-18(19)20-8-3-14-9-10-24-21(14)26-20)25-22(29)15-1-4-16(5-2-15)27-31(30)12-11-28;1-2/h1-10,13,27-28H,11-12H2,(H,24,26)(H,25,29);1-2H3. The highest BCUT2D eigenvalue weighted by Crippen LogP contribution is 2.30. The van der Waals surface area contributed by atoms with E-state index in [-0.39, 0.29) is 18.3 Å². The van der Waals surface area contributed by atoms with Crippen molar-refractivity contribution in [2.45, 2.75) is 13.8 Å². The minimum Gasteiger partial charge on any atom is -0.395 e. The number of amides is 1. The van der Waals surface area contributed by atoms with Crippen LogP contribution >= 0.6 is 11.6 Å². The molecule has 0 saturated heterocycles. The van der Waals surface area contributed by atoms with Gasteiger partial charge in [0.2, 0.25) is 0 Å². The zero-order valence-electron chi connectivity index (χ0n) is 18.3. The number of aromatic amines is 1. The number of aromatic nitrogens is 2. The number of fused-ring (bicyclic) bond motifs is 1. The molecule has 4 aromatic rings. The number of benzene rings is 2. The quantitative estimate of drug-likeness (QED) is 0.288. The van der Waals surface area contributed by atoms with E-state index in [1.54, 1.807) is 42.5 Å². The third kappa shape index (κ3) is 6.19. The minimum absolute atomic E-state index is 0.132. The molecule has 0 fully saturated rings. The van der Waals surface area contributed by atoms with Crippen LogP contribution in [0.2, 0.25) is 5.02 Å². The first-order chi connectivity index (χ1) is 16.0. The number of anilines is 2. The monoisotopic (exact) mass is 484 g/mol. The normalized spacial score (nSPS) is 11.4. The van der Waals surface area contributed by atoms with E-state index in [9.17, 15) is 9.00 Å². The van der Waals surface area contributed by atoms with Crippen molar-refractivity contribution in [3.63, 3.8) is 0 Å². The van der Waals surface area contributed by atoms with E-state index >= 15 is 0 Å². The summed E-state index contributed by atoms with van der Waals surface area (Å²) in [4.78, 5) is 20.3. The third-order valence-corrected chi connectivity index (χ3v) is 5.91. The van der Waals surface area contributed by atoms with Crippen molar-refractivity contribution in [1.82, 2.24) is 9.97 Å². The molecule has 2 aromatic carbocycles. The maximum atomic E-state index is 12.6. The number of nitrogens with one attached hydrogen (secondary N) is 3. The van der Waals surface area contributed by atoms with E-state index in [1.807, 2.05) is 38.2 Å². The summed E-state index contributed by atoms with van der Waals surface area (Å²) in [6, 6.07) is 17.6. The van der Waals surface area contributed by atoms with Crippen LogP contribution in [0.5, 0.6) is 0 Å². The number of hydrogen-bond acceptors (Lipinski definition) is 4. The van der Waals surface area contributed by atoms with Crippen LogP contribution in [0.15, 0.2) is 66.9 Å². The number of carbonyl (C=O) groups excluding carboxylic acids is 1. The zero-order chi connectivity index (χ0) is 23.8. The number of carbonyl (C=O) groups is 1. The Morgan fingerprint density at radius 1 is 1.06 bits per heavy atom. The Labute approximate surface area is 199 Å². The molecule has 9 heteroatoms. The first-order valence-electron chi connectivity index (χ1n) is 10.4. The molecule has 7 nitrogen and oxygen atoms in total. The molecular formula is C24H25ClN4O3S. The minimum atomic E-state index is -1.37. The number of pyridine rings is 1. The van der Waals surface area contributed by atoms with E-state index in [4.69, 9.17) is 16.7 Å². The van der Waals surface area contributed by atoms with Crippen molar-refractivity contribution >= 4 is 50.9 Å². The van der Waals surface area contributed by atoms with Crippen LogP contribution in [0, 0.1) is 0 Å². The Hall–Kier alpha value is -3.20. The van der Waals surface area contributed by atoms with E-state index in [0.29, 0.717) is 33.2 Å². The molecule has 33 heavy (non-hydrogen) atoms. The lowest BCUT2D eigenvalue weighted by molar-refractivity contribution is 0.102. The predicted octanol–water partition coefficient (Wildman–Crippen LogP) is 5.23. The van der Waals surface area contributed by atoms with Crippen LogP contribution in [0.25, 0.3) is 22.3 Å². The van der Waals surface area contributed by atoms with E-state index in [2.05, 4.69) is 20.0 Å². The summed E-state index contributed by atoms with van der Waals surface area (Å²) in [5.74, 6) is -0.156. The maximum absolute atomic E-state index is 12.6. The topological polar surface area (TPSA) is 107 Å². The molecule has 4 rings (SSSR count). The average molecular weight is 485 g/mol. The van der Waals surface area contributed by atoms with Gasteiger partial charge in [-0.05, 0) is 60.7 Å². The van der Waals surface area contributed by atoms with E-state index in [1.165, 1.54) is 0 Å². The lowest BCUT2D eigenvalue weighted by Crippen LogP contribution is -2.13. The van der Waals surface area contributed by atoms with Crippen LogP contribution in [0.1, 0.15) is 24.2 Å². The molecule has 0 aliphatic carbocycles. The second-order valence-electron chi connectivity index (χ2n) is 6.71. The summed E-state index contributed by atoms with van der Waals surface area (Å²) in [7, 11) is -1.37. The molecule has 2 aromatic heterocycles. The first-order valence-corrected chi connectivity index (χ1v) is 12.1. The van der Waals surface area contributed by atoms with Gasteiger partial charge in [0, 0.05) is 34.1 Å². The fourth-order valence-electron chi connectivity index (χ4n) is 3.04. The van der Waals surface area contributed by atoms with Gasteiger partial charge >= 0.3 is 0 Å². The molecule has 2 heterocycles. The summed E-state index contributed by atoms with van der Waals surface area (Å²) >= 11 is 6.38.